The molecule has 31 heavy (non-hydrogen) atoms. The summed E-state index contributed by atoms with van der Waals surface area (Å²) in [6.45, 7) is 5.99. The lowest BCUT2D eigenvalue weighted by Crippen LogP contribution is -2.31. The first-order valence-corrected chi connectivity index (χ1v) is 10.4. The van der Waals surface area contributed by atoms with Crippen LogP contribution in [-0.2, 0) is 13.0 Å². The first-order valence-electron chi connectivity index (χ1n) is 10.4. The zero-order valence-corrected chi connectivity index (χ0v) is 18.0. The van der Waals surface area contributed by atoms with E-state index in [0.29, 0.717) is 18.0 Å². The lowest BCUT2D eigenvalue weighted by Gasteiger charge is -2.31. The van der Waals surface area contributed by atoms with E-state index in [1.165, 1.54) is 11.1 Å². The maximum absolute atomic E-state index is 12.5. The van der Waals surface area contributed by atoms with Crippen LogP contribution in [0.2, 0.25) is 0 Å². The van der Waals surface area contributed by atoms with Crippen LogP contribution < -0.4 is 19.7 Å². The molecule has 1 amide bonds. The maximum Gasteiger partial charge on any atom is 0.258 e. The number of nitrogens with one attached hydrogen (secondary N) is 1. The molecule has 0 radical (unpaired) electrons. The molecule has 7 nitrogen and oxygen atoms in total. The highest BCUT2D eigenvalue weighted by molar-refractivity contribution is 6.03. The second kappa shape index (κ2) is 9.04. The minimum Gasteiger partial charge on any atom is -0.493 e. The fourth-order valence-electron chi connectivity index (χ4n) is 3.80. The molecule has 3 heterocycles. The Kier molecular flexibility index (Phi) is 6.02. The number of amides is 1. The summed E-state index contributed by atoms with van der Waals surface area (Å²) in [6.07, 6.45) is 2.44. The molecule has 0 spiro atoms. The van der Waals surface area contributed by atoms with Crippen molar-refractivity contribution in [3.8, 4) is 11.5 Å². The lowest BCUT2D eigenvalue weighted by atomic mass is 9.98. The van der Waals surface area contributed by atoms with E-state index in [4.69, 9.17) is 9.47 Å². The van der Waals surface area contributed by atoms with Crippen LogP contribution in [0.5, 0.6) is 11.5 Å². The molecule has 0 bridgehead atoms. The van der Waals surface area contributed by atoms with E-state index in [1.807, 2.05) is 38.1 Å². The van der Waals surface area contributed by atoms with Gasteiger partial charge in [-0.3, -0.25) is 4.79 Å². The SMILES string of the molecule is CCOc1ccc2c(c1OC)CCN(c1ccc(C(=O)Nc3cccc(C)n3)cn1)C2. The molecule has 3 aromatic rings. The number of aryl methyl sites for hydroxylation is 1. The van der Waals surface area contributed by atoms with Crippen LogP contribution in [0.1, 0.15) is 34.1 Å². The Morgan fingerprint density at radius 3 is 2.77 bits per heavy atom. The summed E-state index contributed by atoms with van der Waals surface area (Å²) in [4.78, 5) is 23.5. The number of nitrogens with zero attached hydrogens (tertiary/aromatic N) is 3. The van der Waals surface area contributed by atoms with Crippen molar-refractivity contribution in [2.45, 2.75) is 26.8 Å². The molecule has 0 aliphatic carbocycles. The van der Waals surface area contributed by atoms with Crippen molar-refractivity contribution in [3.63, 3.8) is 0 Å². The van der Waals surface area contributed by atoms with Gasteiger partial charge in [0.15, 0.2) is 11.5 Å². The second-order valence-corrected chi connectivity index (χ2v) is 7.36. The van der Waals surface area contributed by atoms with Crippen molar-refractivity contribution < 1.29 is 14.3 Å². The Balaban J connectivity index is 1.47. The van der Waals surface area contributed by atoms with Gasteiger partial charge in [0.05, 0.1) is 19.3 Å². The van der Waals surface area contributed by atoms with E-state index in [2.05, 4.69) is 26.3 Å². The molecule has 0 atom stereocenters. The van der Waals surface area contributed by atoms with Crippen molar-refractivity contribution in [2.24, 2.45) is 0 Å². The first kappa shape index (κ1) is 20.7. The molecule has 4 rings (SSSR count). The van der Waals surface area contributed by atoms with E-state index in [0.717, 1.165) is 42.5 Å². The predicted octanol–water partition coefficient (Wildman–Crippen LogP) is 4.01. The minimum atomic E-state index is -0.227. The normalized spacial score (nSPS) is 12.8. The van der Waals surface area contributed by atoms with Gasteiger partial charge in [0.2, 0.25) is 0 Å². The number of carbonyl (C=O) groups is 1. The quantitative estimate of drug-likeness (QED) is 0.652. The van der Waals surface area contributed by atoms with Crippen molar-refractivity contribution in [2.75, 3.05) is 30.5 Å². The molecule has 1 aliphatic heterocycles. The van der Waals surface area contributed by atoms with Crippen LogP contribution in [0.3, 0.4) is 0 Å². The summed E-state index contributed by atoms with van der Waals surface area (Å²) in [5, 5.41) is 2.81. The summed E-state index contributed by atoms with van der Waals surface area (Å²) in [6, 6.07) is 13.2. The van der Waals surface area contributed by atoms with Crippen LogP contribution in [0.15, 0.2) is 48.7 Å². The third-order valence-corrected chi connectivity index (χ3v) is 5.28. The predicted molar refractivity (Wildman–Crippen MR) is 120 cm³/mol. The number of benzene rings is 1. The van der Waals surface area contributed by atoms with Gasteiger partial charge < -0.3 is 19.7 Å². The summed E-state index contributed by atoms with van der Waals surface area (Å²) < 4.78 is 11.3. The van der Waals surface area contributed by atoms with Gasteiger partial charge >= 0.3 is 0 Å². The molecule has 160 valence electrons. The third kappa shape index (κ3) is 4.45. The lowest BCUT2D eigenvalue weighted by molar-refractivity contribution is 0.102. The number of hydrogen-bond acceptors (Lipinski definition) is 6. The van der Waals surface area contributed by atoms with Gasteiger partial charge in [-0.25, -0.2) is 9.97 Å². The number of methoxy groups -OCH3 is 1. The highest BCUT2D eigenvalue weighted by Crippen LogP contribution is 2.37. The number of carbonyl (C=O) groups excluding carboxylic acids is 1. The van der Waals surface area contributed by atoms with Gasteiger partial charge in [-0.15, -0.1) is 0 Å². The smallest absolute Gasteiger partial charge is 0.258 e. The molecular formula is C24H26N4O3. The Morgan fingerprint density at radius 1 is 1.19 bits per heavy atom. The van der Waals surface area contributed by atoms with Crippen LogP contribution in [0.25, 0.3) is 0 Å². The number of aromatic nitrogens is 2. The van der Waals surface area contributed by atoms with Crippen molar-refractivity contribution in [1.29, 1.82) is 0 Å². The number of fused-ring (bicyclic) bond motifs is 1. The standard InChI is InChI=1S/C24H26N4O3/c1-4-31-20-10-8-18-15-28(13-12-19(18)23(20)30-3)22-11-9-17(14-25-22)24(29)27-21-7-5-6-16(2)26-21/h5-11,14H,4,12-13,15H2,1-3H3,(H,26,27,29). The zero-order chi connectivity index (χ0) is 21.8. The molecule has 2 aromatic heterocycles. The number of pyridine rings is 2. The number of ether oxygens (including phenoxy) is 2. The van der Waals surface area contributed by atoms with E-state index < -0.39 is 0 Å². The van der Waals surface area contributed by atoms with Crippen LogP contribution in [0, 0.1) is 6.92 Å². The van der Waals surface area contributed by atoms with E-state index >= 15 is 0 Å². The summed E-state index contributed by atoms with van der Waals surface area (Å²) in [7, 11) is 1.68. The summed E-state index contributed by atoms with van der Waals surface area (Å²) >= 11 is 0. The van der Waals surface area contributed by atoms with Crippen molar-refractivity contribution in [3.05, 3.63) is 71.0 Å². The summed E-state index contributed by atoms with van der Waals surface area (Å²) in [5.41, 5.74) is 3.72. The summed E-state index contributed by atoms with van der Waals surface area (Å²) in [5.74, 6) is 2.75. The van der Waals surface area contributed by atoms with Gasteiger partial charge in [-0.2, -0.15) is 0 Å². The number of rotatable bonds is 6. The Morgan fingerprint density at radius 2 is 2.06 bits per heavy atom. The molecule has 0 unspecified atom stereocenters. The van der Waals surface area contributed by atoms with Gasteiger partial charge in [-0.05, 0) is 56.2 Å². The highest BCUT2D eigenvalue weighted by atomic mass is 16.5. The van der Waals surface area contributed by atoms with Crippen LogP contribution in [0.4, 0.5) is 11.6 Å². The van der Waals surface area contributed by atoms with Gasteiger partial charge in [0, 0.05) is 30.5 Å². The third-order valence-electron chi connectivity index (χ3n) is 5.28. The van der Waals surface area contributed by atoms with Gasteiger partial charge in [0.25, 0.3) is 5.91 Å². The molecule has 1 aliphatic rings. The number of anilines is 2. The zero-order valence-electron chi connectivity index (χ0n) is 18.0. The maximum atomic E-state index is 12.5. The fourth-order valence-corrected chi connectivity index (χ4v) is 3.80. The molecule has 0 saturated heterocycles. The van der Waals surface area contributed by atoms with E-state index in [9.17, 15) is 4.79 Å². The Bertz CT molecular complexity index is 1080. The van der Waals surface area contributed by atoms with E-state index in [-0.39, 0.29) is 5.91 Å². The monoisotopic (exact) mass is 418 g/mol. The van der Waals surface area contributed by atoms with Crippen LogP contribution >= 0.6 is 0 Å². The fraction of sp³-hybridized carbons (Fsp3) is 0.292. The van der Waals surface area contributed by atoms with Crippen molar-refractivity contribution in [1.82, 2.24) is 9.97 Å². The molecule has 1 N–H and O–H groups in total. The number of hydrogen-bond donors (Lipinski definition) is 1. The van der Waals surface area contributed by atoms with Crippen molar-refractivity contribution >= 4 is 17.5 Å². The largest absolute Gasteiger partial charge is 0.493 e. The molecule has 0 saturated carbocycles. The highest BCUT2D eigenvalue weighted by Gasteiger charge is 2.23. The topological polar surface area (TPSA) is 76.6 Å². The molecule has 1 aromatic carbocycles. The second-order valence-electron chi connectivity index (χ2n) is 7.36. The Hall–Kier alpha value is -3.61. The van der Waals surface area contributed by atoms with E-state index in [1.54, 1.807) is 25.4 Å². The molecule has 0 fully saturated rings. The average molecular weight is 418 g/mol. The first-order chi connectivity index (χ1) is 15.1. The van der Waals surface area contributed by atoms with Crippen LogP contribution in [-0.4, -0.2) is 36.1 Å². The van der Waals surface area contributed by atoms with Gasteiger partial charge in [-0.1, -0.05) is 12.1 Å². The molecule has 7 heteroatoms. The average Bonchev–Trinajstić information content (AvgIpc) is 2.79. The molecular weight excluding hydrogens is 392 g/mol. The van der Waals surface area contributed by atoms with Gasteiger partial charge in [0.1, 0.15) is 11.6 Å². The Labute approximate surface area is 182 Å². The minimum absolute atomic E-state index is 0.227.